The number of hydrogen-bond donors (Lipinski definition) is 0. The zero-order valence-corrected chi connectivity index (χ0v) is 7.67. The summed E-state index contributed by atoms with van der Waals surface area (Å²) in [7, 11) is 0. The minimum Gasteiger partial charge on any atom is -0.498 e. The first-order chi connectivity index (χ1) is 5.86. The van der Waals surface area contributed by atoms with Gasteiger partial charge in [0.1, 0.15) is 5.76 Å². The van der Waals surface area contributed by atoms with Crippen molar-refractivity contribution in [2.45, 2.75) is 20.3 Å². The van der Waals surface area contributed by atoms with E-state index in [9.17, 15) is 0 Å². The highest BCUT2D eigenvalue weighted by Crippen LogP contribution is 2.18. The number of allylic oxidation sites excluding steroid dienone is 4. The molecule has 0 N–H and O–H groups in total. The molecule has 0 unspecified atom stereocenters. The number of rotatable bonds is 4. The second-order valence-corrected chi connectivity index (χ2v) is 2.48. The average Bonchev–Trinajstić information content (AvgIpc) is 2.09. The summed E-state index contributed by atoms with van der Waals surface area (Å²) in [4.78, 5) is 0. The second-order valence-electron chi connectivity index (χ2n) is 2.48. The molecular formula is C10H15O2. The Balaban J connectivity index is 2.42. The molecule has 2 heteroatoms. The van der Waals surface area contributed by atoms with Crippen LogP contribution in [-0.4, -0.2) is 13.2 Å². The van der Waals surface area contributed by atoms with Gasteiger partial charge in [0.2, 0.25) is 0 Å². The van der Waals surface area contributed by atoms with Crippen molar-refractivity contribution < 1.29 is 9.47 Å². The average molecular weight is 167 g/mol. The normalized spacial score (nSPS) is 16.5. The Bertz CT molecular complexity index is 170. The second kappa shape index (κ2) is 4.86. The molecule has 0 fully saturated rings. The molecule has 1 aliphatic rings. The lowest BCUT2D eigenvalue weighted by Crippen LogP contribution is -2.01. The van der Waals surface area contributed by atoms with Crippen LogP contribution in [0, 0.1) is 6.42 Å². The van der Waals surface area contributed by atoms with Crippen LogP contribution in [0.15, 0.2) is 23.7 Å². The van der Waals surface area contributed by atoms with Crippen LogP contribution in [-0.2, 0) is 9.47 Å². The third-order valence-electron chi connectivity index (χ3n) is 1.58. The van der Waals surface area contributed by atoms with E-state index in [1.54, 1.807) is 0 Å². The lowest BCUT2D eigenvalue weighted by Gasteiger charge is -2.14. The van der Waals surface area contributed by atoms with E-state index in [-0.39, 0.29) is 0 Å². The van der Waals surface area contributed by atoms with E-state index in [2.05, 4.69) is 0 Å². The van der Waals surface area contributed by atoms with Crippen LogP contribution in [0.1, 0.15) is 20.3 Å². The smallest absolute Gasteiger partial charge is 0.100 e. The highest BCUT2D eigenvalue weighted by Gasteiger charge is 2.07. The molecule has 0 saturated carbocycles. The predicted molar refractivity (Wildman–Crippen MR) is 48.3 cm³/mol. The van der Waals surface area contributed by atoms with Gasteiger partial charge in [-0.05, 0) is 26.0 Å². The van der Waals surface area contributed by atoms with Crippen LogP contribution in [0.3, 0.4) is 0 Å². The standard InChI is InChI=1S/C10H15O2/c1-3-11-9-5-7-10(8-6-9)12-4-2/h5-7H,3-4,8H2,1-2H3. The van der Waals surface area contributed by atoms with Crippen molar-refractivity contribution in [3.05, 3.63) is 30.1 Å². The van der Waals surface area contributed by atoms with Gasteiger partial charge in [0.25, 0.3) is 0 Å². The molecule has 0 atom stereocenters. The van der Waals surface area contributed by atoms with Crippen molar-refractivity contribution in [2.24, 2.45) is 0 Å². The Hall–Kier alpha value is -0.920. The number of hydrogen-bond acceptors (Lipinski definition) is 2. The Morgan fingerprint density at radius 3 is 2.42 bits per heavy atom. The molecule has 0 aliphatic heterocycles. The first kappa shape index (κ1) is 9.17. The summed E-state index contributed by atoms with van der Waals surface area (Å²) < 4.78 is 10.7. The van der Waals surface area contributed by atoms with Crippen LogP contribution in [0.2, 0.25) is 0 Å². The van der Waals surface area contributed by atoms with Gasteiger partial charge in [-0.15, -0.1) is 0 Å². The largest absolute Gasteiger partial charge is 0.498 e. The van der Waals surface area contributed by atoms with E-state index in [0.717, 1.165) is 31.2 Å². The lowest BCUT2D eigenvalue weighted by molar-refractivity contribution is 0.207. The Kier molecular flexibility index (Phi) is 3.71. The van der Waals surface area contributed by atoms with E-state index in [0.29, 0.717) is 0 Å². The van der Waals surface area contributed by atoms with Crippen LogP contribution < -0.4 is 0 Å². The topological polar surface area (TPSA) is 18.5 Å². The maximum absolute atomic E-state index is 5.34. The molecule has 0 bridgehead atoms. The van der Waals surface area contributed by atoms with Gasteiger partial charge in [-0.25, -0.2) is 0 Å². The summed E-state index contributed by atoms with van der Waals surface area (Å²) in [5.41, 5.74) is 0. The monoisotopic (exact) mass is 167 g/mol. The van der Waals surface area contributed by atoms with Crippen molar-refractivity contribution in [3.63, 3.8) is 0 Å². The molecule has 0 aromatic heterocycles. The first-order valence-electron chi connectivity index (χ1n) is 4.36. The van der Waals surface area contributed by atoms with Gasteiger partial charge >= 0.3 is 0 Å². The molecule has 0 spiro atoms. The molecular weight excluding hydrogens is 152 g/mol. The molecule has 0 heterocycles. The highest BCUT2D eigenvalue weighted by atomic mass is 16.5. The molecule has 0 aromatic rings. The quantitative estimate of drug-likeness (QED) is 0.640. The van der Waals surface area contributed by atoms with Gasteiger partial charge in [-0.3, -0.25) is 0 Å². The van der Waals surface area contributed by atoms with Crippen LogP contribution in [0.4, 0.5) is 0 Å². The van der Waals surface area contributed by atoms with Gasteiger partial charge in [0, 0.05) is 12.8 Å². The molecule has 12 heavy (non-hydrogen) atoms. The Morgan fingerprint density at radius 1 is 1.17 bits per heavy atom. The third-order valence-corrected chi connectivity index (χ3v) is 1.58. The first-order valence-corrected chi connectivity index (χ1v) is 4.36. The summed E-state index contributed by atoms with van der Waals surface area (Å²) in [6.07, 6.45) is 6.79. The van der Waals surface area contributed by atoms with Crippen molar-refractivity contribution >= 4 is 0 Å². The molecule has 1 aliphatic carbocycles. The molecule has 1 radical (unpaired) electrons. The fourth-order valence-corrected chi connectivity index (χ4v) is 1.08. The maximum Gasteiger partial charge on any atom is 0.100 e. The minimum atomic E-state index is 0.722. The van der Waals surface area contributed by atoms with E-state index in [1.165, 1.54) is 0 Å². The van der Waals surface area contributed by atoms with E-state index in [4.69, 9.17) is 9.47 Å². The summed E-state index contributed by atoms with van der Waals surface area (Å²) in [5.74, 6) is 1.96. The van der Waals surface area contributed by atoms with E-state index < -0.39 is 0 Å². The van der Waals surface area contributed by atoms with Crippen molar-refractivity contribution in [1.82, 2.24) is 0 Å². The molecule has 0 aromatic carbocycles. The molecule has 0 amide bonds. The van der Waals surface area contributed by atoms with Crippen LogP contribution in [0.5, 0.6) is 0 Å². The highest BCUT2D eigenvalue weighted by molar-refractivity contribution is 5.24. The van der Waals surface area contributed by atoms with Gasteiger partial charge in [0.15, 0.2) is 0 Å². The summed E-state index contributed by atoms with van der Waals surface area (Å²) in [5, 5.41) is 0. The molecule has 67 valence electrons. The third kappa shape index (κ3) is 2.61. The van der Waals surface area contributed by atoms with E-state index in [1.807, 2.05) is 32.4 Å². The van der Waals surface area contributed by atoms with Gasteiger partial charge < -0.3 is 9.47 Å². The van der Waals surface area contributed by atoms with Gasteiger partial charge in [-0.1, -0.05) is 0 Å². The lowest BCUT2D eigenvalue weighted by atomic mass is 10.1. The van der Waals surface area contributed by atoms with Crippen LogP contribution >= 0.6 is 0 Å². The zero-order chi connectivity index (χ0) is 8.81. The van der Waals surface area contributed by atoms with E-state index >= 15 is 0 Å². The van der Waals surface area contributed by atoms with Crippen molar-refractivity contribution in [1.29, 1.82) is 0 Å². The van der Waals surface area contributed by atoms with Gasteiger partial charge in [0.05, 0.1) is 19.0 Å². The summed E-state index contributed by atoms with van der Waals surface area (Å²) in [6.45, 7) is 5.43. The molecule has 0 saturated heterocycles. The van der Waals surface area contributed by atoms with Gasteiger partial charge in [-0.2, -0.15) is 0 Å². The zero-order valence-electron chi connectivity index (χ0n) is 7.67. The minimum absolute atomic E-state index is 0.722. The molecule has 2 nitrogen and oxygen atoms in total. The maximum atomic E-state index is 5.34. The molecule has 1 rings (SSSR count). The van der Waals surface area contributed by atoms with Crippen molar-refractivity contribution in [3.8, 4) is 0 Å². The number of ether oxygens (including phenoxy) is 2. The Morgan fingerprint density at radius 2 is 1.92 bits per heavy atom. The fraction of sp³-hybridized carbons (Fsp3) is 0.500. The van der Waals surface area contributed by atoms with Crippen LogP contribution in [0.25, 0.3) is 0 Å². The summed E-state index contributed by atoms with van der Waals surface area (Å²) >= 11 is 0. The SMILES string of the molecule is CCOC1=CC=C(OCC)C[CH]1. The summed E-state index contributed by atoms with van der Waals surface area (Å²) in [6, 6.07) is 0. The van der Waals surface area contributed by atoms with Crippen molar-refractivity contribution in [2.75, 3.05) is 13.2 Å². The predicted octanol–water partition coefficient (Wildman–Crippen LogP) is 2.44. The fourth-order valence-electron chi connectivity index (χ4n) is 1.08. The Labute approximate surface area is 73.9 Å².